The van der Waals surface area contributed by atoms with Crippen molar-refractivity contribution in [3.63, 3.8) is 0 Å². The number of hydrogen-bond donors (Lipinski definition) is 1. The third kappa shape index (κ3) is 1.88. The third-order valence-electron chi connectivity index (χ3n) is 4.75. The van der Waals surface area contributed by atoms with Crippen LogP contribution in [-0.4, -0.2) is 28.2 Å². The molecular weight excluding hydrogens is 246 g/mol. The second kappa shape index (κ2) is 4.53. The van der Waals surface area contributed by atoms with Gasteiger partial charge in [0.1, 0.15) is 0 Å². The average molecular weight is 265 g/mol. The van der Waals surface area contributed by atoms with Crippen LogP contribution in [0.5, 0.6) is 0 Å². The van der Waals surface area contributed by atoms with Crippen LogP contribution in [0.15, 0.2) is 4.52 Å². The van der Waals surface area contributed by atoms with E-state index in [4.69, 9.17) is 4.52 Å². The summed E-state index contributed by atoms with van der Waals surface area (Å²) in [6.07, 6.45) is 5.48. The van der Waals surface area contributed by atoms with Crippen molar-refractivity contribution in [2.75, 3.05) is 18.1 Å². The number of rotatable bonds is 2. The molecule has 4 rings (SSSR count). The van der Waals surface area contributed by atoms with Crippen molar-refractivity contribution < 1.29 is 4.52 Å². The lowest BCUT2D eigenvalue weighted by Crippen LogP contribution is -2.30. The number of nitrogens with zero attached hydrogens (tertiary/aromatic N) is 2. The van der Waals surface area contributed by atoms with Crippen LogP contribution in [0.2, 0.25) is 0 Å². The number of hydrogen-bond acceptors (Lipinski definition) is 5. The van der Waals surface area contributed by atoms with E-state index in [2.05, 4.69) is 15.5 Å². The van der Waals surface area contributed by atoms with Gasteiger partial charge in [-0.1, -0.05) is 11.6 Å². The minimum absolute atomic E-state index is 0.267. The number of aromatic nitrogens is 2. The molecule has 0 spiro atoms. The molecule has 1 aromatic heterocycles. The topological polar surface area (TPSA) is 51.0 Å². The Morgan fingerprint density at radius 2 is 2.28 bits per heavy atom. The maximum absolute atomic E-state index is 5.49. The zero-order valence-corrected chi connectivity index (χ0v) is 11.3. The first kappa shape index (κ1) is 11.3. The summed E-state index contributed by atoms with van der Waals surface area (Å²) < 4.78 is 5.49. The van der Waals surface area contributed by atoms with Crippen molar-refractivity contribution in [3.05, 3.63) is 11.7 Å². The molecule has 1 aromatic rings. The van der Waals surface area contributed by atoms with E-state index in [0.717, 1.165) is 35.8 Å². The Labute approximate surface area is 111 Å². The molecule has 98 valence electrons. The predicted molar refractivity (Wildman–Crippen MR) is 70.6 cm³/mol. The molecular formula is C13H19N3OS. The zero-order valence-electron chi connectivity index (χ0n) is 10.5. The van der Waals surface area contributed by atoms with Crippen LogP contribution in [0.4, 0.5) is 0 Å². The SMILES string of the molecule is C1CSCC(c2nc(C3CC4CCC3C4)no2)N1. The molecule has 0 aromatic carbocycles. The van der Waals surface area contributed by atoms with Gasteiger partial charge in [0.15, 0.2) is 5.82 Å². The summed E-state index contributed by atoms with van der Waals surface area (Å²) in [5.41, 5.74) is 0. The molecule has 4 nitrogen and oxygen atoms in total. The summed E-state index contributed by atoms with van der Waals surface area (Å²) >= 11 is 1.96. The van der Waals surface area contributed by atoms with E-state index in [1.54, 1.807) is 0 Å². The summed E-state index contributed by atoms with van der Waals surface area (Å²) in [5.74, 6) is 6.37. The van der Waals surface area contributed by atoms with Gasteiger partial charge < -0.3 is 9.84 Å². The van der Waals surface area contributed by atoms with Crippen LogP contribution in [0, 0.1) is 11.8 Å². The lowest BCUT2D eigenvalue weighted by atomic mass is 9.88. The van der Waals surface area contributed by atoms with Crippen LogP contribution in [-0.2, 0) is 0 Å². The molecule has 3 fully saturated rings. The summed E-state index contributed by atoms with van der Waals surface area (Å²) in [6.45, 7) is 1.04. The molecule has 2 saturated carbocycles. The highest BCUT2D eigenvalue weighted by Crippen LogP contribution is 2.52. The quantitative estimate of drug-likeness (QED) is 0.889. The van der Waals surface area contributed by atoms with E-state index < -0.39 is 0 Å². The third-order valence-corrected chi connectivity index (χ3v) is 5.81. The molecule has 2 heterocycles. The van der Waals surface area contributed by atoms with Gasteiger partial charge in [0.25, 0.3) is 0 Å². The van der Waals surface area contributed by atoms with Gasteiger partial charge in [0, 0.05) is 24.0 Å². The van der Waals surface area contributed by atoms with E-state index in [9.17, 15) is 0 Å². The van der Waals surface area contributed by atoms with Crippen molar-refractivity contribution >= 4 is 11.8 Å². The fourth-order valence-corrected chi connectivity index (χ4v) is 4.75. The van der Waals surface area contributed by atoms with Crippen molar-refractivity contribution in [2.45, 2.75) is 37.6 Å². The minimum Gasteiger partial charge on any atom is -0.338 e. The molecule has 1 aliphatic heterocycles. The van der Waals surface area contributed by atoms with Gasteiger partial charge in [-0.3, -0.25) is 0 Å². The van der Waals surface area contributed by atoms with Gasteiger partial charge in [-0.25, -0.2) is 0 Å². The first-order valence-electron chi connectivity index (χ1n) is 7.05. The Balaban J connectivity index is 1.51. The Kier molecular flexibility index (Phi) is 2.84. The molecule has 18 heavy (non-hydrogen) atoms. The van der Waals surface area contributed by atoms with Crippen molar-refractivity contribution in [3.8, 4) is 0 Å². The molecule has 5 heteroatoms. The standard InChI is InChI=1S/C13H19N3OS/c1-2-9-5-8(1)6-10(9)12-15-13(17-16-12)11-7-18-4-3-14-11/h8-11,14H,1-7H2. The minimum atomic E-state index is 0.267. The highest BCUT2D eigenvalue weighted by molar-refractivity contribution is 7.99. The lowest BCUT2D eigenvalue weighted by Gasteiger charge is -2.19. The Bertz CT molecular complexity index is 430. The molecule has 0 radical (unpaired) electrons. The molecule has 4 unspecified atom stereocenters. The number of fused-ring (bicyclic) bond motifs is 2. The fraction of sp³-hybridized carbons (Fsp3) is 0.846. The molecule has 2 aliphatic carbocycles. The monoisotopic (exact) mass is 265 g/mol. The zero-order chi connectivity index (χ0) is 11.9. The fourth-order valence-electron chi connectivity index (χ4n) is 3.82. The predicted octanol–water partition coefficient (Wildman–Crippen LogP) is 2.35. The van der Waals surface area contributed by atoms with E-state index >= 15 is 0 Å². The average Bonchev–Trinajstić information content (AvgIpc) is 3.15. The Morgan fingerprint density at radius 1 is 1.28 bits per heavy atom. The molecule has 2 bridgehead atoms. The van der Waals surface area contributed by atoms with Gasteiger partial charge in [0.2, 0.25) is 5.89 Å². The van der Waals surface area contributed by atoms with Crippen LogP contribution >= 0.6 is 11.8 Å². The first-order valence-corrected chi connectivity index (χ1v) is 8.20. The molecule has 3 aliphatic rings. The van der Waals surface area contributed by atoms with Gasteiger partial charge in [-0.15, -0.1) is 0 Å². The van der Waals surface area contributed by atoms with E-state index in [1.165, 1.54) is 31.4 Å². The van der Waals surface area contributed by atoms with Gasteiger partial charge in [-0.2, -0.15) is 16.7 Å². The normalized spacial score (nSPS) is 39.3. The van der Waals surface area contributed by atoms with Crippen molar-refractivity contribution in [1.29, 1.82) is 0 Å². The summed E-state index contributed by atoms with van der Waals surface area (Å²) in [5, 5.41) is 7.71. The Hall–Kier alpha value is -0.550. The molecule has 4 atom stereocenters. The van der Waals surface area contributed by atoms with E-state index in [0.29, 0.717) is 5.92 Å². The van der Waals surface area contributed by atoms with Crippen molar-refractivity contribution in [2.24, 2.45) is 11.8 Å². The summed E-state index contributed by atoms with van der Waals surface area (Å²) in [7, 11) is 0. The maximum Gasteiger partial charge on any atom is 0.244 e. The van der Waals surface area contributed by atoms with E-state index in [-0.39, 0.29) is 6.04 Å². The van der Waals surface area contributed by atoms with E-state index in [1.807, 2.05) is 11.8 Å². The number of thioether (sulfide) groups is 1. The molecule has 0 amide bonds. The van der Waals surface area contributed by atoms with Crippen LogP contribution in [0.1, 0.15) is 49.4 Å². The largest absolute Gasteiger partial charge is 0.338 e. The van der Waals surface area contributed by atoms with Crippen molar-refractivity contribution in [1.82, 2.24) is 15.5 Å². The van der Waals surface area contributed by atoms with Crippen LogP contribution < -0.4 is 5.32 Å². The van der Waals surface area contributed by atoms with Gasteiger partial charge >= 0.3 is 0 Å². The highest BCUT2D eigenvalue weighted by atomic mass is 32.2. The highest BCUT2D eigenvalue weighted by Gasteiger charge is 2.42. The second-order valence-corrected chi connectivity index (χ2v) is 7.00. The Morgan fingerprint density at radius 3 is 3.00 bits per heavy atom. The summed E-state index contributed by atoms with van der Waals surface area (Å²) in [4.78, 5) is 4.68. The van der Waals surface area contributed by atoms with Crippen LogP contribution in [0.25, 0.3) is 0 Å². The second-order valence-electron chi connectivity index (χ2n) is 5.85. The van der Waals surface area contributed by atoms with Gasteiger partial charge in [-0.05, 0) is 31.1 Å². The number of nitrogens with one attached hydrogen (secondary N) is 1. The first-order chi connectivity index (χ1) is 8.90. The molecule has 1 N–H and O–H groups in total. The summed E-state index contributed by atoms with van der Waals surface area (Å²) in [6, 6.07) is 0.267. The van der Waals surface area contributed by atoms with Gasteiger partial charge in [0.05, 0.1) is 6.04 Å². The molecule has 1 saturated heterocycles. The lowest BCUT2D eigenvalue weighted by molar-refractivity contribution is 0.329. The van der Waals surface area contributed by atoms with Crippen LogP contribution in [0.3, 0.4) is 0 Å². The smallest absolute Gasteiger partial charge is 0.244 e. The maximum atomic E-state index is 5.49.